The van der Waals surface area contributed by atoms with Gasteiger partial charge in [-0.05, 0) is 25.5 Å². The van der Waals surface area contributed by atoms with Crippen molar-refractivity contribution in [3.8, 4) is 10.7 Å². The molecule has 0 N–H and O–H groups in total. The molecule has 0 bridgehead atoms. The second-order valence-corrected chi connectivity index (χ2v) is 4.02. The van der Waals surface area contributed by atoms with Crippen LogP contribution < -0.4 is 0 Å². The van der Waals surface area contributed by atoms with Gasteiger partial charge in [-0.1, -0.05) is 13.0 Å². The van der Waals surface area contributed by atoms with Crippen molar-refractivity contribution in [2.75, 3.05) is 0 Å². The third-order valence-electron chi connectivity index (χ3n) is 2.02. The van der Waals surface area contributed by atoms with E-state index in [0.717, 1.165) is 28.5 Å². The largest absolute Gasteiger partial charge is 0.251 e. The Morgan fingerprint density at radius 1 is 1.29 bits per heavy atom. The smallest absolute Gasteiger partial charge is 0.142 e. The summed E-state index contributed by atoms with van der Waals surface area (Å²) in [5, 5.41) is 3.12. The van der Waals surface area contributed by atoms with Crippen LogP contribution in [-0.2, 0) is 6.42 Å². The van der Waals surface area contributed by atoms with E-state index in [2.05, 4.69) is 22.3 Å². The van der Waals surface area contributed by atoms with Gasteiger partial charge in [0.05, 0.1) is 11.4 Å². The SMILES string of the molecule is CCc1csc(-c2cccc(C)n2)n1. The monoisotopic (exact) mass is 204 g/mol. The highest BCUT2D eigenvalue weighted by Gasteiger charge is 2.04. The molecule has 0 unspecified atom stereocenters. The number of nitrogens with zero attached hydrogens (tertiary/aromatic N) is 2. The highest BCUT2D eigenvalue weighted by Crippen LogP contribution is 2.21. The first-order chi connectivity index (χ1) is 6.79. The maximum atomic E-state index is 4.50. The Morgan fingerprint density at radius 2 is 2.14 bits per heavy atom. The second-order valence-electron chi connectivity index (χ2n) is 3.16. The molecule has 0 aliphatic rings. The first kappa shape index (κ1) is 9.34. The van der Waals surface area contributed by atoms with Crippen LogP contribution in [0.25, 0.3) is 10.7 Å². The molecule has 72 valence electrons. The Hall–Kier alpha value is -1.22. The number of hydrogen-bond donors (Lipinski definition) is 0. The van der Waals surface area contributed by atoms with Gasteiger partial charge in [0.15, 0.2) is 0 Å². The van der Waals surface area contributed by atoms with Crippen molar-refractivity contribution in [2.45, 2.75) is 20.3 Å². The van der Waals surface area contributed by atoms with E-state index < -0.39 is 0 Å². The van der Waals surface area contributed by atoms with Crippen molar-refractivity contribution in [1.82, 2.24) is 9.97 Å². The van der Waals surface area contributed by atoms with E-state index >= 15 is 0 Å². The number of aryl methyl sites for hydroxylation is 2. The predicted molar refractivity (Wildman–Crippen MR) is 59.5 cm³/mol. The normalized spacial score (nSPS) is 10.4. The topological polar surface area (TPSA) is 25.8 Å². The fourth-order valence-corrected chi connectivity index (χ4v) is 2.12. The summed E-state index contributed by atoms with van der Waals surface area (Å²) in [6.45, 7) is 4.11. The first-order valence-corrected chi connectivity index (χ1v) is 5.56. The van der Waals surface area contributed by atoms with Gasteiger partial charge in [0.25, 0.3) is 0 Å². The van der Waals surface area contributed by atoms with E-state index in [4.69, 9.17) is 0 Å². The Labute approximate surface area is 87.7 Å². The number of pyridine rings is 1. The molecular formula is C11H12N2S. The van der Waals surface area contributed by atoms with Gasteiger partial charge in [0, 0.05) is 11.1 Å². The fraction of sp³-hybridized carbons (Fsp3) is 0.273. The minimum atomic E-state index is 0.981. The van der Waals surface area contributed by atoms with Crippen molar-refractivity contribution in [2.24, 2.45) is 0 Å². The Bertz CT molecular complexity index is 434. The second kappa shape index (κ2) is 3.88. The lowest BCUT2D eigenvalue weighted by Crippen LogP contribution is -1.86. The molecule has 0 saturated carbocycles. The van der Waals surface area contributed by atoms with E-state index in [1.54, 1.807) is 11.3 Å². The van der Waals surface area contributed by atoms with Crippen molar-refractivity contribution in [1.29, 1.82) is 0 Å². The highest BCUT2D eigenvalue weighted by molar-refractivity contribution is 7.13. The summed E-state index contributed by atoms with van der Waals surface area (Å²) in [5.41, 5.74) is 3.17. The van der Waals surface area contributed by atoms with Gasteiger partial charge >= 0.3 is 0 Å². The van der Waals surface area contributed by atoms with Crippen LogP contribution in [0.4, 0.5) is 0 Å². The summed E-state index contributed by atoms with van der Waals surface area (Å²) in [5.74, 6) is 0. The molecule has 2 aromatic rings. The Balaban J connectivity index is 2.39. The van der Waals surface area contributed by atoms with E-state index in [1.165, 1.54) is 0 Å². The standard InChI is InChI=1S/C11H12N2S/c1-3-9-7-14-11(13-9)10-6-4-5-8(2)12-10/h4-7H,3H2,1-2H3. The number of rotatable bonds is 2. The fourth-order valence-electron chi connectivity index (χ4n) is 1.25. The molecule has 0 spiro atoms. The molecule has 2 aromatic heterocycles. The van der Waals surface area contributed by atoms with Crippen molar-refractivity contribution in [3.63, 3.8) is 0 Å². The van der Waals surface area contributed by atoms with E-state index in [1.807, 2.05) is 25.1 Å². The maximum Gasteiger partial charge on any atom is 0.142 e. The van der Waals surface area contributed by atoms with Crippen LogP contribution in [0.2, 0.25) is 0 Å². The molecule has 0 aliphatic heterocycles. The van der Waals surface area contributed by atoms with Gasteiger partial charge in [0.1, 0.15) is 5.01 Å². The zero-order chi connectivity index (χ0) is 9.97. The summed E-state index contributed by atoms with van der Waals surface area (Å²) in [6.07, 6.45) is 0.988. The molecule has 0 amide bonds. The van der Waals surface area contributed by atoms with Gasteiger partial charge < -0.3 is 0 Å². The van der Waals surface area contributed by atoms with Crippen LogP contribution in [0, 0.1) is 6.92 Å². The third-order valence-corrected chi connectivity index (χ3v) is 2.94. The minimum absolute atomic E-state index is 0.981. The Morgan fingerprint density at radius 3 is 2.79 bits per heavy atom. The quantitative estimate of drug-likeness (QED) is 0.751. The van der Waals surface area contributed by atoms with Crippen molar-refractivity contribution in [3.05, 3.63) is 35.0 Å². The molecule has 0 radical (unpaired) electrons. The van der Waals surface area contributed by atoms with Crippen LogP contribution in [0.5, 0.6) is 0 Å². The average Bonchev–Trinajstić information content (AvgIpc) is 2.66. The molecule has 0 fully saturated rings. The molecular weight excluding hydrogens is 192 g/mol. The highest BCUT2D eigenvalue weighted by atomic mass is 32.1. The molecule has 3 heteroatoms. The first-order valence-electron chi connectivity index (χ1n) is 4.68. The van der Waals surface area contributed by atoms with Gasteiger partial charge in [0.2, 0.25) is 0 Å². The van der Waals surface area contributed by atoms with E-state index in [0.29, 0.717) is 0 Å². The molecule has 0 aliphatic carbocycles. The molecule has 14 heavy (non-hydrogen) atoms. The molecule has 0 aromatic carbocycles. The lowest BCUT2D eigenvalue weighted by Gasteiger charge is -1.96. The lowest BCUT2D eigenvalue weighted by atomic mass is 10.3. The molecule has 0 saturated heterocycles. The zero-order valence-corrected chi connectivity index (χ0v) is 9.14. The average molecular weight is 204 g/mol. The molecule has 2 rings (SSSR count). The molecule has 0 atom stereocenters. The van der Waals surface area contributed by atoms with E-state index in [-0.39, 0.29) is 0 Å². The summed E-state index contributed by atoms with van der Waals surface area (Å²) >= 11 is 1.66. The van der Waals surface area contributed by atoms with Crippen LogP contribution in [0.3, 0.4) is 0 Å². The van der Waals surface area contributed by atoms with Gasteiger partial charge in [-0.3, -0.25) is 4.98 Å². The number of thiazole rings is 1. The summed E-state index contributed by atoms with van der Waals surface area (Å²) < 4.78 is 0. The van der Waals surface area contributed by atoms with Crippen molar-refractivity contribution < 1.29 is 0 Å². The Kier molecular flexibility index (Phi) is 2.59. The minimum Gasteiger partial charge on any atom is -0.251 e. The zero-order valence-electron chi connectivity index (χ0n) is 8.32. The van der Waals surface area contributed by atoms with Crippen molar-refractivity contribution >= 4 is 11.3 Å². The molecule has 2 nitrogen and oxygen atoms in total. The predicted octanol–water partition coefficient (Wildman–Crippen LogP) is 3.08. The van der Waals surface area contributed by atoms with Crippen LogP contribution in [0.15, 0.2) is 23.6 Å². The van der Waals surface area contributed by atoms with Crippen LogP contribution in [0.1, 0.15) is 18.3 Å². The van der Waals surface area contributed by atoms with Crippen LogP contribution >= 0.6 is 11.3 Å². The van der Waals surface area contributed by atoms with Crippen LogP contribution in [-0.4, -0.2) is 9.97 Å². The number of aromatic nitrogens is 2. The van der Waals surface area contributed by atoms with E-state index in [9.17, 15) is 0 Å². The molecule has 2 heterocycles. The third kappa shape index (κ3) is 1.82. The number of hydrogen-bond acceptors (Lipinski definition) is 3. The van der Waals surface area contributed by atoms with Gasteiger partial charge in [-0.25, -0.2) is 4.98 Å². The lowest BCUT2D eigenvalue weighted by molar-refractivity contribution is 1.06. The van der Waals surface area contributed by atoms with Gasteiger partial charge in [-0.2, -0.15) is 0 Å². The summed E-state index contributed by atoms with van der Waals surface area (Å²) in [4.78, 5) is 8.94. The maximum absolute atomic E-state index is 4.50. The summed E-state index contributed by atoms with van der Waals surface area (Å²) in [6, 6.07) is 6.02. The van der Waals surface area contributed by atoms with Gasteiger partial charge in [-0.15, -0.1) is 11.3 Å². The summed E-state index contributed by atoms with van der Waals surface area (Å²) in [7, 11) is 0.